The molecule has 0 aliphatic heterocycles. The lowest BCUT2D eigenvalue weighted by molar-refractivity contribution is 0.474. The first-order valence-electron chi connectivity index (χ1n) is 11.4. The molecule has 5 aromatic rings. The van der Waals surface area contributed by atoms with Crippen molar-refractivity contribution < 1.29 is 15.3 Å². The lowest BCUT2D eigenvalue weighted by Crippen LogP contribution is -1.87. The second-order valence-corrected chi connectivity index (χ2v) is 8.85. The predicted molar refractivity (Wildman–Crippen MR) is 143 cm³/mol. The largest absolute Gasteiger partial charge is 0.508 e. The number of pyridine rings is 2. The molecule has 0 aliphatic rings. The van der Waals surface area contributed by atoms with E-state index in [1.165, 1.54) is 0 Å². The Morgan fingerprint density at radius 2 is 0.914 bits per heavy atom. The van der Waals surface area contributed by atoms with Crippen LogP contribution in [0.2, 0.25) is 0 Å². The van der Waals surface area contributed by atoms with Gasteiger partial charge in [-0.3, -0.25) is 0 Å². The summed E-state index contributed by atoms with van der Waals surface area (Å²) < 4.78 is 0. The summed E-state index contributed by atoms with van der Waals surface area (Å²) in [4.78, 5) is 8.57. The van der Waals surface area contributed by atoms with E-state index in [0.717, 1.165) is 44.4 Å². The molecule has 0 fully saturated rings. The number of phenolic OH excluding ortho intramolecular Hbond substituents is 3. The van der Waals surface area contributed by atoms with Crippen LogP contribution in [0.1, 0.15) is 33.6 Å². The maximum atomic E-state index is 9.56. The first-order valence-corrected chi connectivity index (χ1v) is 11.4. The van der Waals surface area contributed by atoms with Gasteiger partial charge in [0, 0.05) is 22.2 Å². The summed E-state index contributed by atoms with van der Waals surface area (Å²) in [5.41, 5.74) is 7.77. The molecule has 5 heteroatoms. The highest BCUT2D eigenvalue weighted by molar-refractivity contribution is 5.87. The van der Waals surface area contributed by atoms with Crippen LogP contribution in [0.15, 0.2) is 66.7 Å². The van der Waals surface area contributed by atoms with Crippen molar-refractivity contribution in [3.63, 3.8) is 0 Å². The molecular weight excluding hydrogens is 436 g/mol. The number of fused-ring (bicyclic) bond motifs is 2. The van der Waals surface area contributed by atoms with Gasteiger partial charge in [-0.25, -0.2) is 9.97 Å². The average Bonchev–Trinajstić information content (AvgIpc) is 2.75. The molecule has 180 valence electrons. The summed E-state index contributed by atoms with van der Waals surface area (Å²) >= 11 is 0. The minimum atomic E-state index is 0.254. The van der Waals surface area contributed by atoms with Crippen molar-refractivity contribution in [3.05, 3.63) is 100 Å². The number of hydrogen-bond donors (Lipinski definition) is 3. The lowest BCUT2D eigenvalue weighted by Gasteiger charge is -2.04. The molecule has 0 spiro atoms. The third-order valence-corrected chi connectivity index (χ3v) is 5.51. The summed E-state index contributed by atoms with van der Waals surface area (Å²) in [5, 5.41) is 30.1. The van der Waals surface area contributed by atoms with Gasteiger partial charge in [0.05, 0.1) is 0 Å². The Balaban J connectivity index is 0.000000150. The fourth-order valence-electron chi connectivity index (χ4n) is 4.08. The molecule has 0 unspecified atom stereocenters. The van der Waals surface area contributed by atoms with E-state index in [2.05, 4.69) is 9.97 Å². The van der Waals surface area contributed by atoms with Crippen LogP contribution in [-0.4, -0.2) is 25.3 Å². The molecule has 0 aliphatic carbocycles. The summed E-state index contributed by atoms with van der Waals surface area (Å²) in [7, 11) is 0. The first-order chi connectivity index (χ1) is 16.5. The van der Waals surface area contributed by atoms with Gasteiger partial charge in [-0.05, 0) is 100 Å². The fourth-order valence-corrected chi connectivity index (χ4v) is 4.08. The number of phenols is 3. The molecule has 0 radical (unpaired) electrons. The van der Waals surface area contributed by atoms with Crippen LogP contribution in [0.5, 0.6) is 17.2 Å². The van der Waals surface area contributed by atoms with Gasteiger partial charge >= 0.3 is 0 Å². The highest BCUT2D eigenvalue weighted by atomic mass is 16.3. The van der Waals surface area contributed by atoms with Gasteiger partial charge < -0.3 is 15.3 Å². The zero-order chi connectivity index (χ0) is 25.7. The van der Waals surface area contributed by atoms with Gasteiger partial charge in [-0.15, -0.1) is 0 Å². The van der Waals surface area contributed by atoms with Crippen LogP contribution in [0.3, 0.4) is 0 Å². The van der Waals surface area contributed by atoms with Crippen LogP contribution < -0.4 is 0 Å². The predicted octanol–water partition coefficient (Wildman–Crippen LogP) is 7.12. The molecule has 0 bridgehead atoms. The second kappa shape index (κ2) is 10.9. The van der Waals surface area contributed by atoms with Gasteiger partial charge in [0.2, 0.25) is 0 Å². The van der Waals surface area contributed by atoms with Crippen molar-refractivity contribution in [2.45, 2.75) is 41.5 Å². The number of nitrogens with zero attached hydrogens (tertiary/aromatic N) is 2. The molecule has 3 N–H and O–H groups in total. The van der Waals surface area contributed by atoms with Crippen LogP contribution in [-0.2, 0) is 0 Å². The van der Waals surface area contributed by atoms with Crippen molar-refractivity contribution >= 4 is 21.8 Å². The Kier molecular flexibility index (Phi) is 7.92. The maximum absolute atomic E-state index is 9.56. The van der Waals surface area contributed by atoms with Gasteiger partial charge in [-0.2, -0.15) is 0 Å². The van der Waals surface area contributed by atoms with Crippen molar-refractivity contribution in [2.75, 3.05) is 0 Å². The molecule has 0 saturated heterocycles. The summed E-state index contributed by atoms with van der Waals surface area (Å²) in [6, 6.07) is 20.5. The molecule has 0 atom stereocenters. The Morgan fingerprint density at radius 3 is 1.29 bits per heavy atom. The monoisotopic (exact) mass is 468 g/mol. The van der Waals surface area contributed by atoms with Gasteiger partial charge in [0.15, 0.2) is 0 Å². The number of rotatable bonds is 0. The van der Waals surface area contributed by atoms with E-state index >= 15 is 0 Å². The molecule has 3 aromatic carbocycles. The molecule has 2 aromatic heterocycles. The Morgan fingerprint density at radius 1 is 0.514 bits per heavy atom. The topological polar surface area (TPSA) is 86.5 Å². The number of hydrogen-bond acceptors (Lipinski definition) is 5. The Bertz CT molecular complexity index is 1350. The number of aryl methyl sites for hydroxylation is 6. The zero-order valence-corrected chi connectivity index (χ0v) is 21.1. The molecule has 35 heavy (non-hydrogen) atoms. The zero-order valence-electron chi connectivity index (χ0n) is 21.1. The number of benzene rings is 3. The van der Waals surface area contributed by atoms with Crippen molar-refractivity contribution in [1.82, 2.24) is 9.97 Å². The van der Waals surface area contributed by atoms with Crippen molar-refractivity contribution in [2.24, 2.45) is 0 Å². The van der Waals surface area contributed by atoms with Gasteiger partial charge in [0.25, 0.3) is 0 Å². The molecular formula is C30H32N2O3. The number of aromatic nitrogens is 2. The van der Waals surface area contributed by atoms with Gasteiger partial charge in [-0.1, -0.05) is 30.3 Å². The molecule has 2 heterocycles. The lowest BCUT2D eigenvalue weighted by atomic mass is 10.1. The van der Waals surface area contributed by atoms with Crippen molar-refractivity contribution in [1.29, 1.82) is 0 Å². The minimum Gasteiger partial charge on any atom is -0.508 e. The van der Waals surface area contributed by atoms with Gasteiger partial charge in [0.1, 0.15) is 28.3 Å². The first kappa shape index (κ1) is 25.5. The summed E-state index contributed by atoms with van der Waals surface area (Å²) in [5.74, 6) is 0.862. The molecule has 5 rings (SSSR count). The van der Waals surface area contributed by atoms with Crippen LogP contribution >= 0.6 is 0 Å². The van der Waals surface area contributed by atoms with E-state index in [1.54, 1.807) is 24.3 Å². The van der Waals surface area contributed by atoms with E-state index in [4.69, 9.17) is 5.11 Å². The third-order valence-electron chi connectivity index (χ3n) is 5.51. The highest BCUT2D eigenvalue weighted by Crippen LogP contribution is 2.26. The van der Waals surface area contributed by atoms with E-state index in [0.29, 0.717) is 16.8 Å². The SMILES string of the molecule is Cc1cc(C)c2cccc(O)c2n1.Cc1cc(C)c2cccc(O)c2n1.Cc1cc(C)cc(O)c1. The number of aromatic hydroxyl groups is 3. The normalized spacial score (nSPS) is 10.3. The summed E-state index contributed by atoms with van der Waals surface area (Å²) in [6.45, 7) is 11.8. The standard InChI is InChI=1S/2C11H11NO.C8H10O/c2*1-7-6-8(2)12-11-9(7)4-3-5-10(11)13;1-6-3-7(2)5-8(9)4-6/h2*3-6,13H,1-2H3;3-5,9H,1-2H3. The summed E-state index contributed by atoms with van der Waals surface area (Å²) in [6.07, 6.45) is 0. The fraction of sp³-hybridized carbons (Fsp3) is 0.200. The van der Waals surface area contributed by atoms with E-state index < -0.39 is 0 Å². The third kappa shape index (κ3) is 6.48. The molecule has 5 nitrogen and oxygen atoms in total. The van der Waals surface area contributed by atoms with E-state index in [1.807, 2.05) is 84.0 Å². The van der Waals surface area contributed by atoms with Crippen LogP contribution in [0.4, 0.5) is 0 Å². The molecule has 0 amide bonds. The van der Waals surface area contributed by atoms with E-state index in [-0.39, 0.29) is 11.5 Å². The highest BCUT2D eigenvalue weighted by Gasteiger charge is 2.04. The minimum absolute atomic E-state index is 0.254. The molecule has 0 saturated carbocycles. The van der Waals surface area contributed by atoms with E-state index in [9.17, 15) is 10.2 Å². The Labute approximate surface area is 206 Å². The van der Waals surface area contributed by atoms with Crippen LogP contribution in [0, 0.1) is 41.5 Å². The maximum Gasteiger partial charge on any atom is 0.141 e. The Hall–Kier alpha value is -4.12. The quantitative estimate of drug-likeness (QED) is 0.225. The number of para-hydroxylation sites is 2. The van der Waals surface area contributed by atoms with Crippen LogP contribution in [0.25, 0.3) is 21.8 Å². The van der Waals surface area contributed by atoms with Crippen molar-refractivity contribution in [3.8, 4) is 17.2 Å². The average molecular weight is 469 g/mol. The second-order valence-electron chi connectivity index (χ2n) is 8.85. The smallest absolute Gasteiger partial charge is 0.141 e.